The molecule has 0 aliphatic carbocycles. The minimum absolute atomic E-state index is 0.0787. The number of likely N-dealkylation sites (N-methyl/N-ethyl adjacent to an activating group) is 1. The Balaban J connectivity index is 2.26. The molecule has 0 saturated heterocycles. The van der Waals surface area contributed by atoms with Gasteiger partial charge in [0, 0.05) is 6.04 Å². The number of benzene rings is 2. The Morgan fingerprint density at radius 3 is 2.50 bits per heavy atom. The van der Waals surface area contributed by atoms with Gasteiger partial charge in [0.15, 0.2) is 0 Å². The SMILES string of the molecule is CNC(Cc1ccc(Cl)c(F)c1)c1cc(C)cc(F)c1. The molecule has 1 unspecified atom stereocenters. The van der Waals surface area contributed by atoms with E-state index in [0.29, 0.717) is 6.42 Å². The lowest BCUT2D eigenvalue weighted by molar-refractivity contribution is 0.572. The van der Waals surface area contributed by atoms with Crippen LogP contribution in [0.1, 0.15) is 22.7 Å². The van der Waals surface area contributed by atoms with E-state index in [2.05, 4.69) is 5.32 Å². The molecule has 0 bridgehead atoms. The molecule has 0 fully saturated rings. The van der Waals surface area contributed by atoms with Gasteiger partial charge in [-0.3, -0.25) is 0 Å². The van der Waals surface area contributed by atoms with E-state index < -0.39 is 5.82 Å². The molecule has 0 radical (unpaired) electrons. The highest BCUT2D eigenvalue weighted by atomic mass is 35.5. The van der Waals surface area contributed by atoms with Gasteiger partial charge in [-0.2, -0.15) is 0 Å². The number of hydrogen-bond acceptors (Lipinski definition) is 1. The molecule has 0 aliphatic heterocycles. The van der Waals surface area contributed by atoms with Crippen LogP contribution in [0, 0.1) is 18.6 Å². The molecule has 2 rings (SSSR count). The summed E-state index contributed by atoms with van der Waals surface area (Å²) in [5.74, 6) is -0.697. The first-order valence-corrected chi connectivity index (χ1v) is 6.75. The highest BCUT2D eigenvalue weighted by Gasteiger charge is 2.13. The van der Waals surface area contributed by atoms with Crippen LogP contribution in [0.3, 0.4) is 0 Å². The lowest BCUT2D eigenvalue weighted by Crippen LogP contribution is -2.19. The Morgan fingerprint density at radius 2 is 1.90 bits per heavy atom. The van der Waals surface area contributed by atoms with Crippen LogP contribution in [-0.2, 0) is 6.42 Å². The van der Waals surface area contributed by atoms with Crippen LogP contribution in [0.5, 0.6) is 0 Å². The average Bonchev–Trinajstić information content (AvgIpc) is 2.38. The third-order valence-electron chi connectivity index (χ3n) is 3.24. The maximum absolute atomic E-state index is 13.5. The van der Waals surface area contributed by atoms with E-state index in [-0.39, 0.29) is 16.9 Å². The van der Waals surface area contributed by atoms with E-state index in [1.165, 1.54) is 24.3 Å². The molecule has 0 amide bonds. The smallest absolute Gasteiger partial charge is 0.142 e. The summed E-state index contributed by atoms with van der Waals surface area (Å²) in [4.78, 5) is 0. The van der Waals surface area contributed by atoms with Gasteiger partial charge in [0.1, 0.15) is 11.6 Å². The van der Waals surface area contributed by atoms with E-state index in [9.17, 15) is 8.78 Å². The first-order chi connectivity index (χ1) is 9.49. The fourth-order valence-electron chi connectivity index (χ4n) is 2.25. The number of nitrogens with one attached hydrogen (secondary N) is 1. The third-order valence-corrected chi connectivity index (χ3v) is 3.55. The van der Waals surface area contributed by atoms with E-state index in [4.69, 9.17) is 11.6 Å². The minimum Gasteiger partial charge on any atom is -0.313 e. The molecule has 4 heteroatoms. The lowest BCUT2D eigenvalue weighted by Gasteiger charge is -2.18. The summed E-state index contributed by atoms with van der Waals surface area (Å²) in [6, 6.07) is 9.57. The summed E-state index contributed by atoms with van der Waals surface area (Å²) in [5, 5.41) is 3.24. The second kappa shape index (κ2) is 6.33. The topological polar surface area (TPSA) is 12.0 Å². The van der Waals surface area contributed by atoms with Crippen LogP contribution in [0.15, 0.2) is 36.4 Å². The predicted octanol–water partition coefficient (Wildman–Crippen LogP) is 4.43. The second-order valence-corrected chi connectivity index (χ2v) is 5.26. The lowest BCUT2D eigenvalue weighted by atomic mass is 9.97. The van der Waals surface area contributed by atoms with Crippen molar-refractivity contribution in [3.63, 3.8) is 0 Å². The average molecular weight is 296 g/mol. The van der Waals surface area contributed by atoms with E-state index >= 15 is 0 Å². The number of hydrogen-bond donors (Lipinski definition) is 1. The van der Waals surface area contributed by atoms with Crippen molar-refractivity contribution < 1.29 is 8.78 Å². The first kappa shape index (κ1) is 14.9. The van der Waals surface area contributed by atoms with Gasteiger partial charge in [-0.1, -0.05) is 23.7 Å². The normalized spacial score (nSPS) is 12.4. The maximum atomic E-state index is 13.5. The van der Waals surface area contributed by atoms with Gasteiger partial charge >= 0.3 is 0 Å². The molecule has 106 valence electrons. The highest BCUT2D eigenvalue weighted by molar-refractivity contribution is 6.30. The quantitative estimate of drug-likeness (QED) is 0.880. The van der Waals surface area contributed by atoms with Crippen LogP contribution in [0.4, 0.5) is 8.78 Å². The number of aryl methyl sites for hydroxylation is 1. The molecule has 0 aliphatic rings. The van der Waals surface area contributed by atoms with E-state index in [0.717, 1.165) is 16.7 Å². The molecular weight excluding hydrogens is 280 g/mol. The van der Waals surface area contributed by atoms with Gasteiger partial charge in [-0.25, -0.2) is 8.78 Å². The molecule has 0 heterocycles. The molecule has 20 heavy (non-hydrogen) atoms. The Morgan fingerprint density at radius 1 is 1.15 bits per heavy atom. The van der Waals surface area contributed by atoms with E-state index in [1.807, 2.05) is 13.0 Å². The highest BCUT2D eigenvalue weighted by Crippen LogP contribution is 2.23. The zero-order valence-corrected chi connectivity index (χ0v) is 12.1. The van der Waals surface area contributed by atoms with Gasteiger partial charge in [-0.15, -0.1) is 0 Å². The summed E-state index contributed by atoms with van der Waals surface area (Å²) in [6.45, 7) is 1.85. The minimum atomic E-state index is -0.436. The van der Waals surface area contributed by atoms with Gasteiger partial charge in [0.05, 0.1) is 5.02 Å². The van der Waals surface area contributed by atoms with Crippen LogP contribution in [0.2, 0.25) is 5.02 Å². The largest absolute Gasteiger partial charge is 0.313 e. The van der Waals surface area contributed by atoms with Crippen molar-refractivity contribution in [2.45, 2.75) is 19.4 Å². The molecule has 0 saturated carbocycles. The van der Waals surface area contributed by atoms with Gasteiger partial charge < -0.3 is 5.32 Å². The molecule has 0 spiro atoms. The summed E-state index contributed by atoms with van der Waals surface area (Å²) in [6.07, 6.45) is 0.563. The second-order valence-electron chi connectivity index (χ2n) is 4.86. The van der Waals surface area contributed by atoms with Gasteiger partial charge in [-0.05, 0) is 61.3 Å². The molecule has 1 N–H and O–H groups in total. The Bertz CT molecular complexity index is 593. The van der Waals surface area contributed by atoms with Crippen molar-refractivity contribution in [1.82, 2.24) is 5.32 Å². The Hall–Kier alpha value is -1.45. The van der Waals surface area contributed by atoms with Crippen LogP contribution < -0.4 is 5.32 Å². The van der Waals surface area contributed by atoms with Crippen molar-refractivity contribution in [3.05, 3.63) is 69.7 Å². The van der Waals surface area contributed by atoms with Crippen molar-refractivity contribution >= 4 is 11.6 Å². The number of rotatable bonds is 4. The Labute approximate surface area is 122 Å². The van der Waals surface area contributed by atoms with E-state index in [1.54, 1.807) is 13.1 Å². The molecule has 2 aromatic carbocycles. The molecular formula is C16H16ClF2N. The molecule has 0 aromatic heterocycles. The zero-order valence-electron chi connectivity index (χ0n) is 11.4. The molecule has 1 nitrogen and oxygen atoms in total. The zero-order chi connectivity index (χ0) is 14.7. The number of halogens is 3. The predicted molar refractivity (Wildman–Crippen MR) is 78.1 cm³/mol. The van der Waals surface area contributed by atoms with Gasteiger partial charge in [0.2, 0.25) is 0 Å². The summed E-state index contributed by atoms with van der Waals surface area (Å²) in [5.41, 5.74) is 2.52. The van der Waals surface area contributed by atoms with Crippen LogP contribution >= 0.6 is 11.6 Å². The Kier molecular flexibility index (Phi) is 4.73. The van der Waals surface area contributed by atoms with Crippen LogP contribution in [0.25, 0.3) is 0 Å². The monoisotopic (exact) mass is 295 g/mol. The molecule has 2 aromatic rings. The fourth-order valence-corrected chi connectivity index (χ4v) is 2.37. The summed E-state index contributed by atoms with van der Waals surface area (Å²) < 4.78 is 26.9. The third kappa shape index (κ3) is 3.56. The summed E-state index contributed by atoms with van der Waals surface area (Å²) in [7, 11) is 1.80. The van der Waals surface area contributed by atoms with Crippen molar-refractivity contribution in [2.75, 3.05) is 7.05 Å². The van der Waals surface area contributed by atoms with Crippen molar-refractivity contribution in [1.29, 1.82) is 0 Å². The fraction of sp³-hybridized carbons (Fsp3) is 0.250. The van der Waals surface area contributed by atoms with Crippen molar-refractivity contribution in [2.24, 2.45) is 0 Å². The van der Waals surface area contributed by atoms with Gasteiger partial charge in [0.25, 0.3) is 0 Å². The first-order valence-electron chi connectivity index (χ1n) is 6.38. The maximum Gasteiger partial charge on any atom is 0.142 e. The van der Waals surface area contributed by atoms with Crippen molar-refractivity contribution in [3.8, 4) is 0 Å². The summed E-state index contributed by atoms with van der Waals surface area (Å²) >= 11 is 5.67. The standard InChI is InChI=1S/C16H16ClF2N/c1-10-5-12(9-13(18)6-10)16(20-2)8-11-3-4-14(17)15(19)7-11/h3-7,9,16,20H,8H2,1-2H3. The van der Waals surface area contributed by atoms with Crippen LogP contribution in [-0.4, -0.2) is 7.05 Å². The molecule has 1 atom stereocenters.